The van der Waals surface area contributed by atoms with E-state index in [1.807, 2.05) is 92.7 Å². The van der Waals surface area contributed by atoms with Crippen molar-refractivity contribution in [1.82, 2.24) is 0 Å². The summed E-state index contributed by atoms with van der Waals surface area (Å²) in [4.78, 5) is 0. The van der Waals surface area contributed by atoms with Gasteiger partial charge in [-0.3, -0.25) is 0 Å². The largest absolute Gasteiger partial charge is 0.497 e. The molecule has 7 nitrogen and oxygen atoms in total. The van der Waals surface area contributed by atoms with Crippen LogP contribution in [0.15, 0.2) is 128 Å². The summed E-state index contributed by atoms with van der Waals surface area (Å²) in [5.41, 5.74) is 2.06. The molecule has 2 fully saturated rings. The molecule has 0 bridgehead atoms. The Morgan fingerprint density at radius 3 is 1.76 bits per heavy atom. The molecule has 0 saturated carbocycles. The second-order valence-corrected chi connectivity index (χ2v) is 11.6. The fourth-order valence-electron chi connectivity index (χ4n) is 6.19. The molecule has 0 spiro atoms. The van der Waals surface area contributed by atoms with Crippen molar-refractivity contribution in [2.24, 2.45) is 0 Å². The second kappa shape index (κ2) is 13.6. The van der Waals surface area contributed by atoms with Gasteiger partial charge in [0.1, 0.15) is 41.5 Å². The predicted molar refractivity (Wildman–Crippen MR) is 171 cm³/mol. The van der Waals surface area contributed by atoms with Crippen molar-refractivity contribution in [3.8, 4) is 11.5 Å². The van der Waals surface area contributed by atoms with Crippen LogP contribution in [0, 0.1) is 0 Å². The van der Waals surface area contributed by atoms with E-state index >= 15 is 0 Å². The minimum Gasteiger partial charge on any atom is -0.497 e. The van der Waals surface area contributed by atoms with Crippen LogP contribution in [-0.4, -0.2) is 56.8 Å². The van der Waals surface area contributed by atoms with Gasteiger partial charge in [-0.1, -0.05) is 97.1 Å². The Bertz CT molecular complexity index is 1410. The van der Waals surface area contributed by atoms with Crippen molar-refractivity contribution >= 4 is 0 Å². The lowest BCUT2D eigenvalue weighted by atomic mass is 9.80. The second-order valence-electron chi connectivity index (χ2n) is 11.6. The van der Waals surface area contributed by atoms with Crippen LogP contribution in [-0.2, 0) is 29.3 Å². The fourth-order valence-corrected chi connectivity index (χ4v) is 6.19. The molecule has 0 aliphatic carbocycles. The molecule has 2 aliphatic rings. The third kappa shape index (κ3) is 6.54. The smallest absolute Gasteiger partial charge is 0.229 e. The van der Waals surface area contributed by atoms with Crippen LogP contribution in [0.2, 0.25) is 0 Å². The lowest BCUT2D eigenvalue weighted by molar-refractivity contribution is -0.269. The first-order valence-electron chi connectivity index (χ1n) is 15.3. The van der Waals surface area contributed by atoms with E-state index < -0.39 is 42.1 Å². The summed E-state index contributed by atoms with van der Waals surface area (Å²) in [6, 6.07) is 38.1. The average Bonchev–Trinajstić information content (AvgIpc) is 3.41. The summed E-state index contributed by atoms with van der Waals surface area (Å²) in [6.07, 6.45) is -1.22. The van der Waals surface area contributed by atoms with E-state index in [2.05, 4.69) is 43.0 Å². The van der Waals surface area contributed by atoms with Crippen LogP contribution >= 0.6 is 0 Å². The fraction of sp³-hybridized carbons (Fsp3) is 0.316. The Morgan fingerprint density at radius 1 is 0.733 bits per heavy atom. The van der Waals surface area contributed by atoms with E-state index in [-0.39, 0.29) is 6.61 Å². The molecule has 2 aliphatic heterocycles. The minimum absolute atomic E-state index is 0.177. The molecule has 0 aromatic heterocycles. The van der Waals surface area contributed by atoms with E-state index in [9.17, 15) is 0 Å². The molecule has 45 heavy (non-hydrogen) atoms. The number of fused-ring (bicyclic) bond motifs is 1. The highest BCUT2D eigenvalue weighted by molar-refractivity contribution is 5.47. The van der Waals surface area contributed by atoms with Crippen molar-refractivity contribution in [2.45, 2.75) is 55.9 Å². The monoisotopic (exact) mass is 608 g/mol. The van der Waals surface area contributed by atoms with Crippen molar-refractivity contribution < 1.29 is 33.2 Å². The lowest BCUT2D eigenvalue weighted by Gasteiger charge is -2.43. The lowest BCUT2D eigenvalue weighted by Crippen LogP contribution is -2.60. The predicted octanol–water partition coefficient (Wildman–Crippen LogP) is 6.90. The van der Waals surface area contributed by atoms with Crippen molar-refractivity contribution in [2.75, 3.05) is 20.3 Å². The van der Waals surface area contributed by atoms with Gasteiger partial charge in [0.2, 0.25) is 6.29 Å². The maximum atomic E-state index is 7.16. The van der Waals surface area contributed by atoms with Crippen LogP contribution in [0.5, 0.6) is 11.5 Å². The molecule has 0 N–H and O–H groups in total. The molecule has 0 amide bonds. The maximum Gasteiger partial charge on any atom is 0.229 e. The molecule has 4 aromatic carbocycles. The van der Waals surface area contributed by atoms with E-state index in [1.54, 1.807) is 13.2 Å². The van der Waals surface area contributed by atoms with Crippen molar-refractivity contribution in [3.63, 3.8) is 0 Å². The normalized spacial score (nSPS) is 24.0. The Hall–Kier alpha value is -3.98. The van der Waals surface area contributed by atoms with Gasteiger partial charge in [-0.25, -0.2) is 0 Å². The van der Waals surface area contributed by atoms with E-state index in [4.69, 9.17) is 33.2 Å². The van der Waals surface area contributed by atoms with Crippen molar-refractivity contribution in [1.29, 1.82) is 0 Å². The number of benzene rings is 4. The van der Waals surface area contributed by atoms with E-state index in [1.165, 1.54) is 0 Å². The van der Waals surface area contributed by atoms with Gasteiger partial charge < -0.3 is 33.2 Å². The first-order chi connectivity index (χ1) is 21.9. The van der Waals surface area contributed by atoms with Gasteiger partial charge in [-0.05, 0) is 54.8 Å². The first kappa shape index (κ1) is 31.0. The van der Waals surface area contributed by atoms with Gasteiger partial charge in [0.05, 0.1) is 20.3 Å². The molecular weight excluding hydrogens is 568 g/mol. The minimum atomic E-state index is -0.930. The van der Waals surface area contributed by atoms with Gasteiger partial charge in [-0.15, -0.1) is 6.58 Å². The highest BCUT2D eigenvalue weighted by Crippen LogP contribution is 2.43. The SMILES string of the molecule is C=CCO[C@H]1[C@H](Oc2ccc(OC)cc2)O[C@H](COC(c2ccccc2)(c2ccccc2)c2ccccc2)[C@@H]2OC(C)(C)O[C@@H]21. The standard InChI is InChI=1S/C38H40O7/c1-5-25-40-35-34-33(44-37(2,3)45-34)32(43-36(35)42-31-23-21-30(39-4)22-24-31)26-41-38(27-15-9-6-10-16-27,28-17-11-7-12-18-28)29-19-13-8-14-20-29/h5-24,32-36H,1,25-26H2,2-4H3/t32-,33+,34+,35-,36-/m1/s1. The molecule has 2 saturated heterocycles. The summed E-state index contributed by atoms with van der Waals surface area (Å²) < 4.78 is 44.8. The Labute approximate surface area is 265 Å². The van der Waals surface area contributed by atoms with Gasteiger partial charge in [0.25, 0.3) is 0 Å². The van der Waals surface area contributed by atoms with E-state index in [0.29, 0.717) is 12.4 Å². The number of ether oxygens (including phenoxy) is 7. The first-order valence-corrected chi connectivity index (χ1v) is 15.3. The highest BCUT2D eigenvalue weighted by atomic mass is 16.8. The van der Waals surface area contributed by atoms with Gasteiger partial charge >= 0.3 is 0 Å². The molecule has 0 radical (unpaired) electrons. The van der Waals surface area contributed by atoms with Crippen molar-refractivity contribution in [3.05, 3.63) is 145 Å². The van der Waals surface area contributed by atoms with Gasteiger partial charge in [0, 0.05) is 0 Å². The zero-order valence-electron chi connectivity index (χ0n) is 25.9. The highest BCUT2D eigenvalue weighted by Gasteiger charge is 2.57. The molecule has 7 heteroatoms. The third-order valence-electron chi connectivity index (χ3n) is 8.15. The molecule has 6 rings (SSSR count). The molecule has 0 unspecified atom stereocenters. The summed E-state index contributed by atoms with van der Waals surface area (Å²) in [6.45, 7) is 8.10. The third-order valence-corrected chi connectivity index (χ3v) is 8.15. The zero-order valence-corrected chi connectivity index (χ0v) is 25.9. The topological polar surface area (TPSA) is 64.6 Å². The molecule has 5 atom stereocenters. The molecule has 2 heterocycles. The Morgan fingerprint density at radius 2 is 1.24 bits per heavy atom. The number of hydrogen-bond donors (Lipinski definition) is 0. The van der Waals surface area contributed by atoms with Crippen LogP contribution < -0.4 is 9.47 Å². The van der Waals surface area contributed by atoms with Crippen LogP contribution in [0.3, 0.4) is 0 Å². The number of methoxy groups -OCH3 is 1. The molecule has 4 aromatic rings. The Balaban J connectivity index is 1.38. The molecule has 234 valence electrons. The summed E-state index contributed by atoms with van der Waals surface area (Å²) in [5.74, 6) is 0.472. The van der Waals surface area contributed by atoms with Crippen LogP contribution in [0.4, 0.5) is 0 Å². The Kier molecular flexibility index (Phi) is 9.35. The maximum absolute atomic E-state index is 7.16. The summed E-state index contributed by atoms with van der Waals surface area (Å²) >= 11 is 0. The average molecular weight is 609 g/mol. The quantitative estimate of drug-likeness (QED) is 0.128. The zero-order chi connectivity index (χ0) is 31.3. The van der Waals surface area contributed by atoms with Crippen LogP contribution in [0.1, 0.15) is 30.5 Å². The van der Waals surface area contributed by atoms with Gasteiger partial charge in [0.15, 0.2) is 5.79 Å². The summed E-state index contributed by atoms with van der Waals surface area (Å²) in [7, 11) is 1.63. The van der Waals surface area contributed by atoms with E-state index in [0.717, 1.165) is 22.4 Å². The number of hydrogen-bond acceptors (Lipinski definition) is 7. The molecular formula is C38H40O7. The van der Waals surface area contributed by atoms with Gasteiger partial charge in [-0.2, -0.15) is 0 Å². The van der Waals surface area contributed by atoms with Crippen LogP contribution in [0.25, 0.3) is 0 Å². The number of rotatable bonds is 12. The summed E-state index contributed by atoms with van der Waals surface area (Å²) in [5, 5.41) is 0.